The van der Waals surface area contributed by atoms with Gasteiger partial charge in [-0.25, -0.2) is 9.37 Å². The summed E-state index contributed by atoms with van der Waals surface area (Å²) in [6, 6.07) is 20.1. The van der Waals surface area contributed by atoms with Crippen LogP contribution < -0.4 is 14.4 Å². The third kappa shape index (κ3) is 5.42. The third-order valence-electron chi connectivity index (χ3n) is 6.95. The number of hydrogen-bond acceptors (Lipinski definition) is 4. The Hall–Kier alpha value is -4.13. The summed E-state index contributed by atoms with van der Waals surface area (Å²) in [5.74, 6) is 2.06. The van der Waals surface area contributed by atoms with Crippen LogP contribution in [0.5, 0.6) is 11.5 Å². The van der Waals surface area contributed by atoms with E-state index in [0.717, 1.165) is 59.7 Å². The fourth-order valence-corrected chi connectivity index (χ4v) is 5.07. The molecular weight excluding hydrogens is 481 g/mol. The number of amides is 1. The van der Waals surface area contributed by atoms with Gasteiger partial charge in [0.1, 0.15) is 11.6 Å². The Labute approximate surface area is 222 Å². The fourth-order valence-electron chi connectivity index (χ4n) is 5.07. The lowest BCUT2D eigenvalue weighted by Gasteiger charge is -2.17. The van der Waals surface area contributed by atoms with E-state index in [2.05, 4.69) is 17.2 Å². The predicted molar refractivity (Wildman–Crippen MR) is 147 cm³/mol. The van der Waals surface area contributed by atoms with Crippen LogP contribution in [0.15, 0.2) is 79.4 Å². The van der Waals surface area contributed by atoms with E-state index in [1.807, 2.05) is 42.5 Å². The molecule has 1 aliphatic rings. The molecule has 1 unspecified atom stereocenters. The van der Waals surface area contributed by atoms with Crippen molar-refractivity contribution in [2.75, 3.05) is 25.2 Å². The maximum atomic E-state index is 13.4. The summed E-state index contributed by atoms with van der Waals surface area (Å²) in [5.41, 5.74) is 3.84. The minimum absolute atomic E-state index is 0.0293. The molecule has 4 aromatic rings. The van der Waals surface area contributed by atoms with E-state index < -0.39 is 0 Å². The number of allylic oxidation sites excluding steroid dienone is 1. The first-order chi connectivity index (χ1) is 18.6. The van der Waals surface area contributed by atoms with Gasteiger partial charge in [0.25, 0.3) is 0 Å². The van der Waals surface area contributed by atoms with Gasteiger partial charge in [0, 0.05) is 31.1 Å². The summed E-state index contributed by atoms with van der Waals surface area (Å²) in [4.78, 5) is 19.5. The van der Waals surface area contributed by atoms with Crippen molar-refractivity contribution in [2.24, 2.45) is 0 Å². The molecule has 1 amide bonds. The quantitative estimate of drug-likeness (QED) is 0.175. The number of aryl methyl sites for hydroxylation is 1. The van der Waals surface area contributed by atoms with Gasteiger partial charge >= 0.3 is 0 Å². The lowest BCUT2D eigenvalue weighted by Crippen LogP contribution is -2.24. The molecule has 0 radical (unpaired) electrons. The van der Waals surface area contributed by atoms with E-state index in [1.54, 1.807) is 24.1 Å². The number of nitrogens with zero attached hydrogens (tertiary/aromatic N) is 3. The second-order valence-corrected chi connectivity index (χ2v) is 9.53. The van der Waals surface area contributed by atoms with Crippen LogP contribution in [0.1, 0.15) is 36.6 Å². The van der Waals surface area contributed by atoms with Gasteiger partial charge in [0.15, 0.2) is 11.5 Å². The smallest absolute Gasteiger partial charge is 0.227 e. The number of carbonyl (C=O) groups excluding carboxylic acids is 1. The van der Waals surface area contributed by atoms with Crippen LogP contribution in [-0.2, 0) is 17.8 Å². The molecule has 0 bridgehead atoms. The number of ether oxygens (including phenoxy) is 2. The molecule has 196 valence electrons. The summed E-state index contributed by atoms with van der Waals surface area (Å²) < 4.78 is 27.2. The monoisotopic (exact) mass is 513 g/mol. The Morgan fingerprint density at radius 3 is 2.68 bits per heavy atom. The maximum absolute atomic E-state index is 13.4. The van der Waals surface area contributed by atoms with Crippen molar-refractivity contribution >= 4 is 22.6 Å². The van der Waals surface area contributed by atoms with Crippen molar-refractivity contribution in [3.8, 4) is 11.5 Å². The van der Waals surface area contributed by atoms with Crippen molar-refractivity contribution in [1.82, 2.24) is 9.55 Å². The second-order valence-electron chi connectivity index (χ2n) is 9.53. The van der Waals surface area contributed by atoms with Crippen LogP contribution in [0.25, 0.3) is 11.0 Å². The third-order valence-corrected chi connectivity index (χ3v) is 6.95. The lowest BCUT2D eigenvalue weighted by atomic mass is 10.1. The Morgan fingerprint density at radius 2 is 1.89 bits per heavy atom. The molecule has 2 heterocycles. The van der Waals surface area contributed by atoms with E-state index in [9.17, 15) is 9.18 Å². The number of para-hydroxylation sites is 2. The molecule has 1 fully saturated rings. The summed E-state index contributed by atoms with van der Waals surface area (Å²) in [6.07, 6.45) is 4.78. The van der Waals surface area contributed by atoms with Crippen LogP contribution in [0.3, 0.4) is 0 Å². The highest BCUT2D eigenvalue weighted by molar-refractivity contribution is 5.96. The Bertz CT molecular complexity index is 1430. The highest BCUT2D eigenvalue weighted by Gasteiger charge is 2.34. The molecule has 0 spiro atoms. The molecule has 38 heavy (non-hydrogen) atoms. The first kappa shape index (κ1) is 25.5. The van der Waals surface area contributed by atoms with E-state index in [-0.39, 0.29) is 17.6 Å². The number of imidazole rings is 1. The van der Waals surface area contributed by atoms with Crippen molar-refractivity contribution in [3.63, 3.8) is 0 Å². The molecule has 1 aliphatic heterocycles. The predicted octanol–water partition coefficient (Wildman–Crippen LogP) is 6.29. The molecule has 0 saturated carbocycles. The van der Waals surface area contributed by atoms with Gasteiger partial charge in [-0.15, -0.1) is 6.58 Å². The minimum Gasteiger partial charge on any atom is -0.493 e. The first-order valence-corrected chi connectivity index (χ1v) is 13.0. The van der Waals surface area contributed by atoms with E-state index >= 15 is 0 Å². The van der Waals surface area contributed by atoms with Crippen LogP contribution in [0.4, 0.5) is 10.1 Å². The lowest BCUT2D eigenvalue weighted by molar-refractivity contribution is -0.117. The molecule has 6 nitrogen and oxygen atoms in total. The molecule has 3 aromatic carbocycles. The molecule has 5 rings (SSSR count). The van der Waals surface area contributed by atoms with Gasteiger partial charge in [0.2, 0.25) is 5.91 Å². The minimum atomic E-state index is -0.314. The van der Waals surface area contributed by atoms with Crippen molar-refractivity contribution in [1.29, 1.82) is 0 Å². The number of benzene rings is 3. The first-order valence-electron chi connectivity index (χ1n) is 13.0. The standard InChI is InChI=1S/C31H32FN3O3/c1-3-8-22-11-16-28(29(19-22)37-2)38-18-7-6-17-34-27-10-5-4-9-26(27)33-31(34)23-20-30(36)35(21-23)25-14-12-24(32)13-15-25/h3-5,9-16,19,23H,1,6-8,17-18,20-21H2,2H3. The largest absolute Gasteiger partial charge is 0.493 e. The molecule has 7 heteroatoms. The number of fused-ring (bicyclic) bond motifs is 1. The summed E-state index contributed by atoms with van der Waals surface area (Å²) >= 11 is 0. The molecular formula is C31H32FN3O3. The maximum Gasteiger partial charge on any atom is 0.227 e. The zero-order valence-electron chi connectivity index (χ0n) is 21.6. The van der Waals surface area contributed by atoms with Crippen molar-refractivity contribution in [3.05, 3.63) is 96.6 Å². The average molecular weight is 514 g/mol. The van der Waals surface area contributed by atoms with Crippen LogP contribution >= 0.6 is 0 Å². The highest BCUT2D eigenvalue weighted by atomic mass is 19.1. The van der Waals surface area contributed by atoms with Gasteiger partial charge in [-0.3, -0.25) is 4.79 Å². The van der Waals surface area contributed by atoms with Crippen LogP contribution in [0.2, 0.25) is 0 Å². The zero-order chi connectivity index (χ0) is 26.5. The Kier molecular flexibility index (Phi) is 7.73. The molecule has 0 aliphatic carbocycles. The molecule has 1 atom stereocenters. The van der Waals surface area contributed by atoms with Gasteiger partial charge < -0.3 is 18.9 Å². The topological polar surface area (TPSA) is 56.6 Å². The average Bonchev–Trinajstić information content (AvgIpc) is 3.50. The number of aromatic nitrogens is 2. The Morgan fingerprint density at radius 1 is 1.08 bits per heavy atom. The number of carbonyl (C=O) groups is 1. The molecule has 1 aromatic heterocycles. The van der Waals surface area contributed by atoms with Crippen molar-refractivity contribution < 1.29 is 18.7 Å². The van der Waals surface area contributed by atoms with Crippen LogP contribution in [0, 0.1) is 5.82 Å². The number of halogens is 1. The van der Waals surface area contributed by atoms with Crippen molar-refractivity contribution in [2.45, 2.75) is 38.1 Å². The van der Waals surface area contributed by atoms with E-state index in [1.165, 1.54) is 12.1 Å². The summed E-state index contributed by atoms with van der Waals surface area (Å²) in [5, 5.41) is 0. The van der Waals surface area contributed by atoms with Crippen LogP contribution in [-0.4, -0.2) is 35.7 Å². The number of rotatable bonds is 11. The van der Waals surface area contributed by atoms with E-state index in [4.69, 9.17) is 14.5 Å². The number of methoxy groups -OCH3 is 1. The van der Waals surface area contributed by atoms with Gasteiger partial charge in [0.05, 0.1) is 24.8 Å². The Balaban J connectivity index is 1.26. The zero-order valence-corrected chi connectivity index (χ0v) is 21.6. The summed E-state index contributed by atoms with van der Waals surface area (Å²) in [7, 11) is 1.65. The van der Waals surface area contributed by atoms with E-state index in [0.29, 0.717) is 25.3 Å². The second kappa shape index (κ2) is 11.5. The molecule has 0 N–H and O–H groups in total. The number of anilines is 1. The van der Waals surface area contributed by atoms with Gasteiger partial charge in [-0.1, -0.05) is 24.3 Å². The highest BCUT2D eigenvalue weighted by Crippen LogP contribution is 2.34. The van der Waals surface area contributed by atoms with Gasteiger partial charge in [-0.05, 0) is 73.4 Å². The number of unbranched alkanes of at least 4 members (excludes halogenated alkanes) is 1. The summed E-state index contributed by atoms with van der Waals surface area (Å²) in [6.45, 7) is 5.66. The SMILES string of the molecule is C=CCc1ccc(OCCCCn2c(C3CC(=O)N(c4ccc(F)cc4)C3)nc3ccccc32)c(OC)c1. The van der Waals surface area contributed by atoms with Gasteiger partial charge in [-0.2, -0.15) is 0 Å². The number of hydrogen-bond donors (Lipinski definition) is 0. The molecule has 1 saturated heterocycles. The normalized spacial score (nSPS) is 15.3. The fraction of sp³-hybridized carbons (Fsp3) is 0.290.